The first kappa shape index (κ1) is 26.3. The molecule has 2 aromatic rings. The maximum atomic E-state index is 8.07. The van der Waals surface area contributed by atoms with Gasteiger partial charge >= 0.3 is 201 Å². The topological polar surface area (TPSA) is 21.3 Å². The normalized spacial score (nSPS) is 17.6. The van der Waals surface area contributed by atoms with E-state index in [0.717, 1.165) is 22.3 Å². The molecule has 32 heavy (non-hydrogen) atoms. The minimum atomic E-state index is -5.85. The van der Waals surface area contributed by atoms with E-state index in [4.69, 9.17) is 27.9 Å². The van der Waals surface area contributed by atoms with Crippen LogP contribution in [0.15, 0.2) is 36.4 Å². The molecule has 2 nitrogen and oxygen atoms in total. The molecule has 0 saturated heterocycles. The van der Waals surface area contributed by atoms with Crippen LogP contribution in [-0.2, 0) is 21.3 Å². The molecule has 0 spiro atoms. The van der Waals surface area contributed by atoms with E-state index in [-0.39, 0.29) is 5.54 Å². The zero-order valence-corrected chi connectivity index (χ0v) is 25.2. The van der Waals surface area contributed by atoms with Gasteiger partial charge in [0.2, 0.25) is 0 Å². The van der Waals surface area contributed by atoms with Crippen LogP contribution in [-0.4, -0.2) is 25.3 Å². The second kappa shape index (κ2) is 6.91. The van der Waals surface area contributed by atoms with E-state index in [0.29, 0.717) is 11.3 Å². The summed E-state index contributed by atoms with van der Waals surface area (Å²) >= 11 is 0. The molecule has 0 aliphatic heterocycles. The summed E-state index contributed by atoms with van der Waals surface area (Å²) in [6.45, 7) is 15.8. The van der Waals surface area contributed by atoms with Gasteiger partial charge in [-0.1, -0.05) is 0 Å². The Bertz CT molecular complexity index is 1200. The fourth-order valence-electron chi connectivity index (χ4n) is 6.29. The van der Waals surface area contributed by atoms with Gasteiger partial charge < -0.3 is 0 Å². The summed E-state index contributed by atoms with van der Waals surface area (Å²) in [6, 6.07) is 13.0. The molecule has 2 aromatic carbocycles. The van der Waals surface area contributed by atoms with Crippen molar-refractivity contribution >= 4 is 35.6 Å². The van der Waals surface area contributed by atoms with E-state index in [1.165, 1.54) is 22.3 Å². The molecule has 0 radical (unpaired) electrons. The molecule has 0 fully saturated rings. The third-order valence-corrected chi connectivity index (χ3v) is 21.4. The molecular formula is C26H41Cl2NOSiTi. The van der Waals surface area contributed by atoms with Crippen molar-refractivity contribution in [3.8, 4) is 11.1 Å². The number of fused-ring (bicyclic) bond motifs is 3. The molecule has 0 heterocycles. The fraction of sp³-hybridized carbons (Fsp3) is 0.500. The Hall–Kier alpha value is -0.259. The number of rotatable bonds is 7. The van der Waals surface area contributed by atoms with Crippen LogP contribution < -0.4 is 7.67 Å². The van der Waals surface area contributed by atoms with Crippen LogP contribution in [0.2, 0.25) is 29.6 Å². The van der Waals surface area contributed by atoms with E-state index < -0.39 is 18.7 Å². The first-order valence-electron chi connectivity index (χ1n) is 11.8. The monoisotopic (exact) mass is 529 g/mol. The first-order valence-corrected chi connectivity index (χ1v) is 24.8. The SMILES string of the molecule is [CH2]=[Ti]([CH3])([Cl])([Cl])([CH2]CCO[Si](C)(C)C)([NH]C(C)(C)C)[c]1c(C)ccc2c1Cc1ccccc1-2. The van der Waals surface area contributed by atoms with Gasteiger partial charge in [0.25, 0.3) is 0 Å². The van der Waals surface area contributed by atoms with Crippen molar-refractivity contribution in [3.63, 3.8) is 0 Å². The molecule has 0 atom stereocenters. The van der Waals surface area contributed by atoms with E-state index in [2.05, 4.69) is 92.8 Å². The Morgan fingerprint density at radius 2 is 1.69 bits per heavy atom. The van der Waals surface area contributed by atoms with Crippen molar-refractivity contribution in [2.75, 3.05) is 6.61 Å². The van der Waals surface area contributed by atoms with Crippen LogP contribution in [0.4, 0.5) is 0 Å². The van der Waals surface area contributed by atoms with E-state index in [9.17, 15) is 0 Å². The molecule has 0 amide bonds. The third kappa shape index (κ3) is 5.20. The fourth-order valence-corrected chi connectivity index (χ4v) is 24.3. The van der Waals surface area contributed by atoms with Crippen molar-refractivity contribution in [2.45, 2.75) is 75.7 Å². The minimum absolute atomic E-state index is 0.323. The molecule has 0 aromatic heterocycles. The summed E-state index contributed by atoms with van der Waals surface area (Å²) in [5.74, 6) is 0. The Balaban J connectivity index is 2.26. The van der Waals surface area contributed by atoms with Crippen molar-refractivity contribution in [1.82, 2.24) is 3.80 Å². The Kier molecular flexibility index (Phi) is 5.69. The predicted octanol–water partition coefficient (Wildman–Crippen LogP) is 7.70. The molecule has 1 aliphatic rings. The molecule has 3 rings (SSSR count). The second-order valence-electron chi connectivity index (χ2n) is 13.2. The van der Waals surface area contributed by atoms with E-state index in [1.54, 1.807) is 0 Å². The average Bonchev–Trinajstić information content (AvgIpc) is 2.93. The molecule has 1 N–H and O–H groups in total. The zero-order chi connectivity index (χ0) is 24.3. The standard InChI is InChI=1S/C14H11.C6H15OSi.C4H10N.CH3.CH2.2ClH.Ti/c1-10-6-7-14-12(8-10)9-11-4-2-3-5-13(11)14;1-5-6-7-8(2,3)4;1-4(2,3)5;;;;;/h2-7H,9H2,1H3;1,5-6H2,2-4H3;5H,1-3H3;1H3;1H2;2*1H;/q;;-1;;;;;+3/p-2. The van der Waals surface area contributed by atoms with Crippen LogP contribution in [0.3, 0.4) is 0 Å². The van der Waals surface area contributed by atoms with Crippen LogP contribution in [0.5, 0.6) is 0 Å². The molecule has 0 unspecified atom stereocenters. The molecular weight excluding hydrogens is 489 g/mol. The molecule has 178 valence electrons. The van der Waals surface area contributed by atoms with Gasteiger partial charge in [-0.25, -0.2) is 0 Å². The summed E-state index contributed by atoms with van der Waals surface area (Å²) < 4.78 is 11.6. The summed E-state index contributed by atoms with van der Waals surface area (Å²) in [5.41, 5.74) is 5.84. The quantitative estimate of drug-likeness (QED) is 0.250. The van der Waals surface area contributed by atoms with Crippen LogP contribution in [0.1, 0.15) is 43.9 Å². The van der Waals surface area contributed by atoms with E-state index in [1.807, 2.05) is 0 Å². The van der Waals surface area contributed by atoms with Crippen LogP contribution >= 0.6 is 18.6 Å². The van der Waals surface area contributed by atoms with Gasteiger partial charge in [0.1, 0.15) is 0 Å². The van der Waals surface area contributed by atoms with Gasteiger partial charge in [0, 0.05) is 0 Å². The Labute approximate surface area is 199 Å². The zero-order valence-electron chi connectivity index (χ0n) is 21.2. The number of nitrogens with one attached hydrogen (secondary N) is 1. The number of benzene rings is 2. The van der Waals surface area contributed by atoms with Crippen molar-refractivity contribution < 1.29 is 14.8 Å². The summed E-state index contributed by atoms with van der Waals surface area (Å²) in [7, 11) is 8.67. The second-order valence-corrected chi connectivity index (χ2v) is 44.1. The Morgan fingerprint density at radius 1 is 1.06 bits per heavy atom. The first-order chi connectivity index (χ1) is 14.2. The van der Waals surface area contributed by atoms with Crippen molar-refractivity contribution in [1.29, 1.82) is 0 Å². The molecule has 0 bridgehead atoms. The number of aryl methyl sites for hydroxylation is 1. The van der Waals surface area contributed by atoms with Gasteiger partial charge in [0.05, 0.1) is 0 Å². The van der Waals surface area contributed by atoms with Crippen molar-refractivity contribution in [2.24, 2.45) is 0 Å². The predicted molar refractivity (Wildman–Crippen MR) is 145 cm³/mol. The van der Waals surface area contributed by atoms with Gasteiger partial charge in [-0.3, -0.25) is 0 Å². The maximum absolute atomic E-state index is 8.07. The van der Waals surface area contributed by atoms with Crippen molar-refractivity contribution in [3.05, 3.63) is 53.1 Å². The van der Waals surface area contributed by atoms with Gasteiger partial charge in [-0.15, -0.1) is 0 Å². The third-order valence-electron chi connectivity index (χ3n) is 6.67. The van der Waals surface area contributed by atoms with Gasteiger partial charge in [0.15, 0.2) is 0 Å². The summed E-state index contributed by atoms with van der Waals surface area (Å²) in [5, 5.41) is 2.06. The number of hydrogen-bond acceptors (Lipinski definition) is 2. The van der Waals surface area contributed by atoms with E-state index >= 15 is 0 Å². The Morgan fingerprint density at radius 3 is 2.28 bits per heavy atom. The number of hydrogen-bond donors (Lipinski definition) is 1. The molecule has 6 heteroatoms. The van der Waals surface area contributed by atoms with Crippen LogP contribution in [0, 0.1) is 6.92 Å². The van der Waals surface area contributed by atoms with Crippen LogP contribution in [0.25, 0.3) is 11.1 Å². The summed E-state index contributed by atoms with van der Waals surface area (Å²) in [4.78, 5) is 4.91. The number of halogens is 2. The molecule has 0 saturated carbocycles. The average molecular weight is 530 g/mol. The van der Waals surface area contributed by atoms with Gasteiger partial charge in [-0.05, 0) is 0 Å². The van der Waals surface area contributed by atoms with Gasteiger partial charge in [-0.2, -0.15) is 0 Å². The summed E-state index contributed by atoms with van der Waals surface area (Å²) in [6.07, 6.45) is 1.58. The molecule has 1 aliphatic carbocycles.